The lowest BCUT2D eigenvalue weighted by molar-refractivity contribution is -0.00240. The van der Waals surface area contributed by atoms with Crippen LogP contribution in [0.3, 0.4) is 0 Å². The van der Waals surface area contributed by atoms with Gasteiger partial charge in [0.1, 0.15) is 10.9 Å². The van der Waals surface area contributed by atoms with E-state index in [0.717, 1.165) is 45.7 Å². The minimum absolute atomic E-state index is 0.0687. The second-order valence-corrected chi connectivity index (χ2v) is 10.6. The largest absolute Gasteiger partial charge is 0.370 e. The lowest BCUT2D eigenvalue weighted by Gasteiger charge is -2.60. The van der Waals surface area contributed by atoms with E-state index in [-0.39, 0.29) is 11.2 Å². The number of likely N-dealkylation sites (tertiary alicyclic amines) is 1. The van der Waals surface area contributed by atoms with Crippen LogP contribution in [0.4, 0.5) is 5.69 Å². The van der Waals surface area contributed by atoms with Gasteiger partial charge in [0.2, 0.25) is 0 Å². The van der Waals surface area contributed by atoms with Gasteiger partial charge in [0, 0.05) is 54.0 Å². The highest BCUT2D eigenvalue weighted by atomic mass is 32.1. The Morgan fingerprint density at radius 3 is 2.62 bits per heavy atom. The molecule has 1 spiro atoms. The van der Waals surface area contributed by atoms with Crippen LogP contribution in [0.5, 0.6) is 0 Å². The number of carbonyl (C=O) groups is 1. The van der Waals surface area contributed by atoms with E-state index >= 15 is 0 Å². The van der Waals surface area contributed by atoms with Gasteiger partial charge in [-0.05, 0) is 36.9 Å². The Kier molecular flexibility index (Phi) is 3.15. The van der Waals surface area contributed by atoms with Crippen molar-refractivity contribution in [1.82, 2.24) is 9.88 Å². The molecular weight excluding hydrogens is 380 g/mol. The smallest absolute Gasteiger partial charge is 0.196 e. The summed E-state index contributed by atoms with van der Waals surface area (Å²) in [4.78, 5) is 22.3. The fourth-order valence-corrected chi connectivity index (χ4v) is 6.64. The van der Waals surface area contributed by atoms with Crippen LogP contribution in [0.15, 0.2) is 24.3 Å². The van der Waals surface area contributed by atoms with E-state index < -0.39 is 0 Å². The number of nitrogens with zero attached hydrogens (tertiary/aromatic N) is 3. The molecule has 146 valence electrons. The number of H-pyrrole nitrogens is 1. The summed E-state index contributed by atoms with van der Waals surface area (Å²) in [6, 6.07) is 10.4. The molecule has 1 N–H and O–H groups in total. The number of ketones is 1. The third-order valence-electron chi connectivity index (χ3n) is 6.98. The molecule has 29 heavy (non-hydrogen) atoms. The molecule has 0 unspecified atom stereocenters. The minimum Gasteiger partial charge on any atom is -0.370 e. The highest BCUT2D eigenvalue weighted by Crippen LogP contribution is 2.47. The van der Waals surface area contributed by atoms with Gasteiger partial charge in [0.25, 0.3) is 0 Å². The number of aromatic nitrogens is 1. The first-order valence-electron chi connectivity index (χ1n) is 10.0. The zero-order chi connectivity index (χ0) is 20.1. The van der Waals surface area contributed by atoms with E-state index in [4.69, 9.17) is 0 Å². The van der Waals surface area contributed by atoms with E-state index in [1.165, 1.54) is 30.1 Å². The van der Waals surface area contributed by atoms with Gasteiger partial charge in [-0.2, -0.15) is 5.26 Å². The Morgan fingerprint density at radius 1 is 1.17 bits per heavy atom. The SMILES string of the molecule is CN1CC2(C1)CN(c1ccc3c(c1)C(C)(C)c1[nH]c4cc(C#N)sc4c1C3=O)C2. The molecule has 6 rings (SSSR count). The average Bonchev–Trinajstić information content (AvgIpc) is 3.19. The van der Waals surface area contributed by atoms with Crippen molar-refractivity contribution in [2.75, 3.05) is 38.1 Å². The fourth-order valence-electron chi connectivity index (χ4n) is 5.68. The molecule has 5 nitrogen and oxygen atoms in total. The second-order valence-electron chi connectivity index (χ2n) is 9.55. The molecule has 0 amide bonds. The predicted molar refractivity (Wildman–Crippen MR) is 115 cm³/mol. The van der Waals surface area contributed by atoms with Gasteiger partial charge in [-0.3, -0.25) is 4.79 Å². The van der Waals surface area contributed by atoms with Crippen molar-refractivity contribution in [2.45, 2.75) is 19.3 Å². The molecule has 4 heterocycles. The number of nitrogens with one attached hydrogen (secondary N) is 1. The predicted octanol–water partition coefficient (Wildman–Crippen LogP) is 3.72. The number of rotatable bonds is 1. The number of anilines is 1. The lowest BCUT2D eigenvalue weighted by atomic mass is 9.70. The van der Waals surface area contributed by atoms with Crippen LogP contribution in [0.2, 0.25) is 0 Å². The molecule has 3 aromatic rings. The number of aromatic amines is 1. The van der Waals surface area contributed by atoms with Gasteiger partial charge >= 0.3 is 0 Å². The van der Waals surface area contributed by atoms with E-state index in [0.29, 0.717) is 10.3 Å². The Labute approximate surface area is 173 Å². The Hall–Kier alpha value is -2.62. The molecule has 2 fully saturated rings. The van der Waals surface area contributed by atoms with Gasteiger partial charge < -0.3 is 14.8 Å². The Balaban J connectivity index is 1.42. The first-order chi connectivity index (χ1) is 13.8. The molecule has 2 aliphatic heterocycles. The first-order valence-corrected chi connectivity index (χ1v) is 10.8. The van der Waals surface area contributed by atoms with Crippen molar-refractivity contribution in [3.8, 4) is 6.07 Å². The van der Waals surface area contributed by atoms with Gasteiger partial charge in [-0.15, -0.1) is 11.3 Å². The number of benzene rings is 1. The molecule has 2 aromatic heterocycles. The Bertz CT molecular complexity index is 1240. The van der Waals surface area contributed by atoms with Crippen molar-refractivity contribution < 1.29 is 4.79 Å². The van der Waals surface area contributed by atoms with Crippen molar-refractivity contribution in [3.05, 3.63) is 51.5 Å². The van der Waals surface area contributed by atoms with Crippen LogP contribution in [-0.4, -0.2) is 48.9 Å². The quantitative estimate of drug-likeness (QED) is 0.674. The zero-order valence-corrected chi connectivity index (χ0v) is 17.6. The summed E-state index contributed by atoms with van der Waals surface area (Å²) in [6.07, 6.45) is 0. The summed E-state index contributed by atoms with van der Waals surface area (Å²) >= 11 is 1.40. The van der Waals surface area contributed by atoms with Crippen molar-refractivity contribution in [3.63, 3.8) is 0 Å². The second kappa shape index (κ2) is 5.29. The van der Waals surface area contributed by atoms with Crippen LogP contribution in [0.1, 0.15) is 45.9 Å². The molecule has 3 aliphatic rings. The highest BCUT2D eigenvalue weighted by molar-refractivity contribution is 7.20. The van der Waals surface area contributed by atoms with Crippen LogP contribution in [0.25, 0.3) is 10.2 Å². The first kappa shape index (κ1) is 17.3. The van der Waals surface area contributed by atoms with E-state index in [1.807, 2.05) is 12.1 Å². The third-order valence-corrected chi connectivity index (χ3v) is 8.04. The zero-order valence-electron chi connectivity index (χ0n) is 16.8. The maximum Gasteiger partial charge on any atom is 0.196 e. The molecule has 0 bridgehead atoms. The summed E-state index contributed by atoms with van der Waals surface area (Å²) < 4.78 is 0.906. The molecule has 0 atom stereocenters. The summed E-state index contributed by atoms with van der Waals surface area (Å²) in [6.45, 7) is 8.95. The summed E-state index contributed by atoms with van der Waals surface area (Å²) in [7, 11) is 2.18. The number of carbonyl (C=O) groups excluding carboxylic acids is 1. The number of hydrogen-bond acceptors (Lipinski definition) is 5. The molecule has 0 saturated carbocycles. The Morgan fingerprint density at radius 2 is 1.93 bits per heavy atom. The number of hydrogen-bond donors (Lipinski definition) is 1. The van der Waals surface area contributed by atoms with Crippen LogP contribution in [0, 0.1) is 16.7 Å². The molecule has 2 saturated heterocycles. The summed E-state index contributed by atoms with van der Waals surface area (Å²) in [5.74, 6) is 0.0687. The standard InChI is InChI=1S/C23H22N4OS/c1-22(2)16-6-13(27-11-23(12-27)9-26(3)10-23)4-5-15(16)19(28)18-20-17(25-21(18)22)7-14(8-24)29-20/h4-7,25H,9-12H2,1-3H3. The number of nitriles is 1. The van der Waals surface area contributed by atoms with Crippen molar-refractivity contribution in [2.24, 2.45) is 5.41 Å². The van der Waals surface area contributed by atoms with Crippen molar-refractivity contribution in [1.29, 1.82) is 5.26 Å². The van der Waals surface area contributed by atoms with E-state index in [2.05, 4.69) is 53.9 Å². The summed E-state index contributed by atoms with van der Waals surface area (Å²) in [5, 5.41) is 9.23. The van der Waals surface area contributed by atoms with Crippen LogP contribution >= 0.6 is 11.3 Å². The van der Waals surface area contributed by atoms with Gasteiger partial charge in [0.15, 0.2) is 5.78 Å². The van der Waals surface area contributed by atoms with Gasteiger partial charge in [-0.1, -0.05) is 13.8 Å². The molecule has 1 aromatic carbocycles. The minimum atomic E-state index is -0.292. The van der Waals surface area contributed by atoms with Crippen LogP contribution < -0.4 is 4.90 Å². The van der Waals surface area contributed by atoms with E-state index in [1.54, 1.807) is 0 Å². The van der Waals surface area contributed by atoms with Gasteiger partial charge in [0.05, 0.1) is 15.8 Å². The maximum absolute atomic E-state index is 13.4. The van der Waals surface area contributed by atoms with Crippen LogP contribution in [-0.2, 0) is 5.41 Å². The average molecular weight is 403 g/mol. The summed E-state index contributed by atoms with van der Waals surface area (Å²) in [5.41, 5.74) is 5.89. The molecular formula is C23H22N4OS. The normalized spacial score (nSPS) is 21.4. The van der Waals surface area contributed by atoms with E-state index in [9.17, 15) is 10.1 Å². The molecule has 6 heteroatoms. The molecule has 0 radical (unpaired) electrons. The lowest BCUT2D eigenvalue weighted by Crippen LogP contribution is -2.71. The fraction of sp³-hybridized carbons (Fsp3) is 0.391. The maximum atomic E-state index is 13.4. The third kappa shape index (κ3) is 2.15. The molecule has 1 aliphatic carbocycles. The monoisotopic (exact) mass is 402 g/mol. The topological polar surface area (TPSA) is 63.1 Å². The number of fused-ring (bicyclic) bond motifs is 4. The van der Waals surface area contributed by atoms with Crippen molar-refractivity contribution >= 4 is 33.0 Å². The van der Waals surface area contributed by atoms with Gasteiger partial charge in [-0.25, -0.2) is 0 Å². The number of thiophene rings is 1. The highest BCUT2D eigenvalue weighted by Gasteiger charge is 2.50.